The van der Waals surface area contributed by atoms with Crippen molar-refractivity contribution in [1.82, 2.24) is 10.3 Å². The van der Waals surface area contributed by atoms with Gasteiger partial charge >= 0.3 is 0 Å². The van der Waals surface area contributed by atoms with E-state index < -0.39 is 0 Å². The van der Waals surface area contributed by atoms with Gasteiger partial charge in [-0.2, -0.15) is 0 Å². The van der Waals surface area contributed by atoms with E-state index >= 15 is 0 Å². The van der Waals surface area contributed by atoms with E-state index in [2.05, 4.69) is 44.3 Å². The maximum absolute atomic E-state index is 4.98. The first kappa shape index (κ1) is 13.8. The molecule has 1 aliphatic carbocycles. The van der Waals surface area contributed by atoms with Crippen LogP contribution < -0.4 is 5.32 Å². The van der Waals surface area contributed by atoms with Crippen molar-refractivity contribution in [3.63, 3.8) is 0 Å². The Morgan fingerprint density at radius 2 is 2.20 bits per heavy atom. The molecule has 2 nitrogen and oxygen atoms in total. The Kier molecular flexibility index (Phi) is 3.90. The summed E-state index contributed by atoms with van der Waals surface area (Å²) in [6.45, 7) is 7.56. The van der Waals surface area contributed by atoms with Crippen LogP contribution in [0, 0.1) is 13.8 Å². The lowest BCUT2D eigenvalue weighted by atomic mass is 9.97. The van der Waals surface area contributed by atoms with Crippen LogP contribution in [-0.2, 0) is 6.42 Å². The van der Waals surface area contributed by atoms with Crippen LogP contribution in [0.5, 0.6) is 0 Å². The summed E-state index contributed by atoms with van der Waals surface area (Å²) in [5, 5.41) is 4.77. The molecule has 1 unspecified atom stereocenters. The van der Waals surface area contributed by atoms with E-state index in [4.69, 9.17) is 4.98 Å². The van der Waals surface area contributed by atoms with Gasteiger partial charge < -0.3 is 5.32 Å². The molecule has 0 spiro atoms. The Morgan fingerprint density at radius 1 is 1.35 bits per heavy atom. The number of aryl methyl sites for hydroxylation is 2. The average molecular weight is 286 g/mol. The van der Waals surface area contributed by atoms with Crippen molar-refractivity contribution < 1.29 is 0 Å². The van der Waals surface area contributed by atoms with Crippen LogP contribution in [0.15, 0.2) is 18.2 Å². The second-order valence-electron chi connectivity index (χ2n) is 5.58. The molecule has 1 atom stereocenters. The first-order valence-electron chi connectivity index (χ1n) is 7.50. The summed E-state index contributed by atoms with van der Waals surface area (Å²) in [5.41, 5.74) is 5.32. The molecule has 106 valence electrons. The number of rotatable bonds is 3. The van der Waals surface area contributed by atoms with E-state index in [-0.39, 0.29) is 0 Å². The molecule has 0 fully saturated rings. The molecule has 3 heteroatoms. The third-order valence-electron chi connectivity index (χ3n) is 4.24. The van der Waals surface area contributed by atoms with Crippen molar-refractivity contribution in [3.8, 4) is 10.6 Å². The van der Waals surface area contributed by atoms with Crippen molar-refractivity contribution in [1.29, 1.82) is 0 Å². The molecule has 1 N–H and O–H groups in total. The lowest BCUT2D eigenvalue weighted by molar-refractivity contribution is 0.465. The highest BCUT2D eigenvalue weighted by atomic mass is 32.1. The highest BCUT2D eigenvalue weighted by Gasteiger charge is 2.24. The van der Waals surface area contributed by atoms with Gasteiger partial charge in [-0.05, 0) is 50.8 Å². The van der Waals surface area contributed by atoms with Crippen LogP contribution in [0.3, 0.4) is 0 Å². The molecule has 0 amide bonds. The zero-order valence-electron chi connectivity index (χ0n) is 12.5. The van der Waals surface area contributed by atoms with Crippen LogP contribution in [0.1, 0.15) is 47.5 Å². The van der Waals surface area contributed by atoms with Crippen molar-refractivity contribution in [2.45, 2.75) is 46.1 Å². The van der Waals surface area contributed by atoms with Gasteiger partial charge in [0.2, 0.25) is 0 Å². The SMILES string of the molecule is CCNC1CCCc2sc(-c3cccc(C)c3C)nc21. The molecule has 3 rings (SSSR count). The Hall–Kier alpha value is -1.19. The Balaban J connectivity index is 2.02. The highest BCUT2D eigenvalue weighted by Crippen LogP contribution is 2.38. The minimum atomic E-state index is 0.457. The normalized spacial score (nSPS) is 18.1. The van der Waals surface area contributed by atoms with Crippen molar-refractivity contribution >= 4 is 11.3 Å². The van der Waals surface area contributed by atoms with Gasteiger partial charge in [0.15, 0.2) is 0 Å². The van der Waals surface area contributed by atoms with Gasteiger partial charge in [0.1, 0.15) is 5.01 Å². The fourth-order valence-corrected chi connectivity index (χ4v) is 4.21. The standard InChI is InChI=1S/C17H22N2S/c1-4-18-14-9-6-10-15-16(14)19-17(20-15)13-8-5-7-11(2)12(13)3/h5,7-8,14,18H,4,6,9-10H2,1-3H3. The first-order valence-corrected chi connectivity index (χ1v) is 8.32. The molecule has 1 heterocycles. The van der Waals surface area contributed by atoms with Gasteiger partial charge in [-0.1, -0.05) is 25.1 Å². The fraction of sp³-hybridized carbons (Fsp3) is 0.471. The maximum atomic E-state index is 4.98. The van der Waals surface area contributed by atoms with Crippen LogP contribution in [-0.4, -0.2) is 11.5 Å². The quantitative estimate of drug-likeness (QED) is 0.903. The molecule has 0 saturated carbocycles. The third kappa shape index (κ3) is 2.40. The Bertz CT molecular complexity index is 615. The number of hydrogen-bond acceptors (Lipinski definition) is 3. The summed E-state index contributed by atoms with van der Waals surface area (Å²) in [6, 6.07) is 6.97. The number of benzene rings is 1. The van der Waals surface area contributed by atoms with Gasteiger partial charge in [-0.15, -0.1) is 11.3 Å². The summed E-state index contributed by atoms with van der Waals surface area (Å²) in [4.78, 5) is 6.46. The number of hydrogen-bond donors (Lipinski definition) is 1. The molecule has 1 aromatic carbocycles. The van der Waals surface area contributed by atoms with Crippen molar-refractivity contribution in [2.75, 3.05) is 6.54 Å². The summed E-state index contributed by atoms with van der Waals surface area (Å²) >= 11 is 1.89. The second-order valence-corrected chi connectivity index (χ2v) is 6.66. The molecule has 0 radical (unpaired) electrons. The number of aromatic nitrogens is 1. The molecule has 20 heavy (non-hydrogen) atoms. The van der Waals surface area contributed by atoms with E-state index in [1.807, 2.05) is 11.3 Å². The minimum Gasteiger partial charge on any atom is -0.309 e. The van der Waals surface area contributed by atoms with Crippen molar-refractivity contribution in [2.24, 2.45) is 0 Å². The first-order chi connectivity index (χ1) is 9.70. The largest absolute Gasteiger partial charge is 0.309 e. The molecular formula is C17H22N2S. The summed E-state index contributed by atoms with van der Waals surface area (Å²) in [6.07, 6.45) is 3.69. The predicted molar refractivity (Wildman–Crippen MR) is 86.4 cm³/mol. The molecule has 2 aromatic rings. The van der Waals surface area contributed by atoms with Crippen LogP contribution >= 0.6 is 11.3 Å². The van der Waals surface area contributed by atoms with Crippen molar-refractivity contribution in [3.05, 3.63) is 39.9 Å². The van der Waals surface area contributed by atoms with Crippen LogP contribution in [0.2, 0.25) is 0 Å². The summed E-state index contributed by atoms with van der Waals surface area (Å²) in [7, 11) is 0. The van der Waals surface area contributed by atoms with E-state index in [1.165, 1.54) is 51.5 Å². The van der Waals surface area contributed by atoms with Gasteiger partial charge in [0.05, 0.1) is 11.7 Å². The average Bonchev–Trinajstić information content (AvgIpc) is 2.87. The lowest BCUT2D eigenvalue weighted by Crippen LogP contribution is -2.24. The zero-order valence-corrected chi connectivity index (χ0v) is 13.3. The van der Waals surface area contributed by atoms with Gasteiger partial charge in [-0.25, -0.2) is 4.98 Å². The Morgan fingerprint density at radius 3 is 3.00 bits per heavy atom. The Labute approximate surface area is 125 Å². The van der Waals surface area contributed by atoms with E-state index in [0.717, 1.165) is 6.54 Å². The highest BCUT2D eigenvalue weighted by molar-refractivity contribution is 7.15. The fourth-order valence-electron chi connectivity index (χ4n) is 2.96. The molecule has 1 aliphatic rings. The topological polar surface area (TPSA) is 24.9 Å². The number of fused-ring (bicyclic) bond motifs is 1. The summed E-state index contributed by atoms with van der Waals surface area (Å²) in [5.74, 6) is 0. The van der Waals surface area contributed by atoms with E-state index in [0.29, 0.717) is 6.04 Å². The zero-order chi connectivity index (χ0) is 14.1. The number of nitrogens with zero attached hydrogens (tertiary/aromatic N) is 1. The molecular weight excluding hydrogens is 264 g/mol. The maximum Gasteiger partial charge on any atom is 0.124 e. The molecule has 0 aliphatic heterocycles. The molecule has 0 bridgehead atoms. The van der Waals surface area contributed by atoms with E-state index in [9.17, 15) is 0 Å². The van der Waals surface area contributed by atoms with Crippen LogP contribution in [0.4, 0.5) is 0 Å². The van der Waals surface area contributed by atoms with E-state index in [1.54, 1.807) is 0 Å². The van der Waals surface area contributed by atoms with Crippen LogP contribution in [0.25, 0.3) is 10.6 Å². The van der Waals surface area contributed by atoms with Gasteiger partial charge in [-0.3, -0.25) is 0 Å². The van der Waals surface area contributed by atoms with Gasteiger partial charge in [0.25, 0.3) is 0 Å². The smallest absolute Gasteiger partial charge is 0.124 e. The number of nitrogens with one attached hydrogen (secondary N) is 1. The molecule has 0 saturated heterocycles. The second kappa shape index (κ2) is 5.66. The number of thiazole rings is 1. The lowest BCUT2D eigenvalue weighted by Gasteiger charge is -2.21. The monoisotopic (exact) mass is 286 g/mol. The minimum absolute atomic E-state index is 0.457. The summed E-state index contributed by atoms with van der Waals surface area (Å²) < 4.78 is 0. The predicted octanol–water partition coefficient (Wildman–Crippen LogP) is 4.41. The third-order valence-corrected chi connectivity index (χ3v) is 5.40. The molecule has 1 aromatic heterocycles. The van der Waals surface area contributed by atoms with Gasteiger partial charge in [0, 0.05) is 10.4 Å².